The molecule has 7 heteroatoms. The van der Waals surface area contributed by atoms with Gasteiger partial charge in [-0.2, -0.15) is 4.98 Å². The van der Waals surface area contributed by atoms with Gasteiger partial charge in [0.2, 0.25) is 0 Å². The fourth-order valence-corrected chi connectivity index (χ4v) is 1.88. The van der Waals surface area contributed by atoms with E-state index in [1.54, 1.807) is 6.07 Å². The maximum atomic E-state index is 13.4. The van der Waals surface area contributed by atoms with Crippen molar-refractivity contribution in [2.45, 2.75) is 0 Å². The van der Waals surface area contributed by atoms with E-state index in [4.69, 9.17) is 15.0 Å². The molecule has 6 nitrogen and oxygen atoms in total. The molecule has 0 aliphatic carbocycles. The molecule has 2 heterocycles. The molecule has 100 valence electrons. The van der Waals surface area contributed by atoms with Crippen LogP contribution >= 0.6 is 0 Å². The van der Waals surface area contributed by atoms with Crippen molar-refractivity contribution in [3.8, 4) is 11.5 Å². The van der Waals surface area contributed by atoms with Crippen molar-refractivity contribution >= 4 is 11.6 Å². The summed E-state index contributed by atoms with van der Waals surface area (Å²) in [4.78, 5) is 6.22. The van der Waals surface area contributed by atoms with Gasteiger partial charge in [-0.15, -0.1) is 0 Å². The lowest BCUT2D eigenvalue weighted by molar-refractivity contribution is 0.121. The number of hydrogen-bond acceptors (Lipinski definition) is 6. The fourth-order valence-electron chi connectivity index (χ4n) is 1.88. The monoisotopic (exact) mass is 264 g/mol. The summed E-state index contributed by atoms with van der Waals surface area (Å²) in [6.45, 7) is 2.71. The van der Waals surface area contributed by atoms with Gasteiger partial charge in [-0.25, -0.2) is 4.39 Å². The minimum absolute atomic E-state index is 0.0941. The van der Waals surface area contributed by atoms with Gasteiger partial charge in [0.25, 0.3) is 11.8 Å². The molecule has 0 radical (unpaired) electrons. The van der Waals surface area contributed by atoms with E-state index in [9.17, 15) is 4.39 Å². The van der Waals surface area contributed by atoms with Crippen LogP contribution < -0.4 is 10.6 Å². The van der Waals surface area contributed by atoms with E-state index in [0.717, 1.165) is 13.1 Å². The molecule has 0 atom stereocenters. The van der Waals surface area contributed by atoms with E-state index in [-0.39, 0.29) is 11.6 Å². The van der Waals surface area contributed by atoms with Gasteiger partial charge in [-0.05, 0) is 23.4 Å². The Kier molecular flexibility index (Phi) is 3.04. The molecular formula is C12H13FN4O2. The highest BCUT2D eigenvalue weighted by atomic mass is 19.1. The zero-order chi connectivity index (χ0) is 13.2. The molecule has 1 aliphatic rings. The van der Waals surface area contributed by atoms with Crippen molar-refractivity contribution in [1.29, 1.82) is 0 Å². The number of morpholine rings is 1. The lowest BCUT2D eigenvalue weighted by atomic mass is 10.2. The number of nitrogens with zero attached hydrogens (tertiary/aromatic N) is 3. The Morgan fingerprint density at radius 1 is 1.26 bits per heavy atom. The number of hydrogen-bond donors (Lipinski definition) is 1. The summed E-state index contributed by atoms with van der Waals surface area (Å²) in [5.74, 6) is 0.277. The smallest absolute Gasteiger partial charge is 0.266 e. The Bertz CT molecular complexity index is 581. The van der Waals surface area contributed by atoms with Crippen LogP contribution in [0.5, 0.6) is 0 Å². The summed E-state index contributed by atoms with van der Waals surface area (Å²) in [5.41, 5.74) is 6.03. The summed E-state index contributed by atoms with van der Waals surface area (Å²) < 4.78 is 23.8. The van der Waals surface area contributed by atoms with Crippen LogP contribution in [0, 0.1) is 5.82 Å². The van der Waals surface area contributed by atoms with Crippen molar-refractivity contribution in [3.05, 3.63) is 24.0 Å². The minimum atomic E-state index is -0.497. The van der Waals surface area contributed by atoms with Gasteiger partial charge in [0.05, 0.1) is 18.9 Å². The largest absolute Gasteiger partial charge is 0.396 e. The third-order valence-corrected chi connectivity index (χ3v) is 2.96. The predicted octanol–water partition coefficient (Wildman–Crippen LogP) is 1.29. The summed E-state index contributed by atoms with van der Waals surface area (Å²) in [5, 5.41) is 3.90. The average Bonchev–Trinajstić information content (AvgIpc) is 2.93. The molecule has 1 aromatic carbocycles. The van der Waals surface area contributed by atoms with Crippen molar-refractivity contribution < 1.29 is 13.7 Å². The number of nitrogen functional groups attached to an aromatic ring is 1. The van der Waals surface area contributed by atoms with Crippen molar-refractivity contribution in [3.63, 3.8) is 0 Å². The molecule has 0 bridgehead atoms. The van der Waals surface area contributed by atoms with E-state index in [1.165, 1.54) is 12.1 Å². The molecule has 1 saturated heterocycles. The molecular weight excluding hydrogens is 251 g/mol. The second-order valence-corrected chi connectivity index (χ2v) is 4.24. The highest BCUT2D eigenvalue weighted by molar-refractivity contribution is 5.58. The second-order valence-electron chi connectivity index (χ2n) is 4.24. The van der Waals surface area contributed by atoms with Crippen LogP contribution in [0.25, 0.3) is 11.5 Å². The van der Waals surface area contributed by atoms with Crippen LogP contribution in [-0.4, -0.2) is 36.4 Å². The first-order valence-corrected chi connectivity index (χ1v) is 5.96. The number of ether oxygens (including phenoxy) is 1. The summed E-state index contributed by atoms with van der Waals surface area (Å²) in [7, 11) is 0. The van der Waals surface area contributed by atoms with Crippen LogP contribution in [0.15, 0.2) is 22.7 Å². The Hall–Kier alpha value is -2.15. The highest BCUT2D eigenvalue weighted by Crippen LogP contribution is 2.23. The number of benzene rings is 1. The topological polar surface area (TPSA) is 77.4 Å². The lowest BCUT2D eigenvalue weighted by Gasteiger charge is -2.24. The van der Waals surface area contributed by atoms with E-state index in [2.05, 4.69) is 10.1 Å². The first-order chi connectivity index (χ1) is 9.24. The molecule has 1 fully saturated rings. The SMILES string of the molecule is Nc1ccc(-c2nc(N3CCOCC3)no2)cc1F. The maximum absolute atomic E-state index is 13.4. The normalized spacial score (nSPS) is 15.7. The first kappa shape index (κ1) is 11.9. The van der Waals surface area contributed by atoms with Crippen LogP contribution in [0.2, 0.25) is 0 Å². The summed E-state index contributed by atoms with van der Waals surface area (Å²) in [6.07, 6.45) is 0. The number of halogens is 1. The Balaban J connectivity index is 1.85. The number of nitrogens with two attached hydrogens (primary N) is 1. The zero-order valence-corrected chi connectivity index (χ0v) is 10.2. The standard InChI is InChI=1S/C12H13FN4O2/c13-9-7-8(1-2-10(9)14)11-15-12(16-19-11)17-3-5-18-6-4-17/h1-2,7H,3-6,14H2. The molecule has 0 amide bonds. The van der Waals surface area contributed by atoms with Crippen LogP contribution in [0.1, 0.15) is 0 Å². The van der Waals surface area contributed by atoms with E-state index in [1.807, 2.05) is 4.90 Å². The Morgan fingerprint density at radius 2 is 2.05 bits per heavy atom. The molecule has 1 aromatic heterocycles. The second kappa shape index (κ2) is 4.85. The quantitative estimate of drug-likeness (QED) is 0.824. The van der Waals surface area contributed by atoms with Gasteiger partial charge in [0.1, 0.15) is 5.82 Å². The van der Waals surface area contributed by atoms with Crippen molar-refractivity contribution in [1.82, 2.24) is 10.1 Å². The summed E-state index contributed by atoms with van der Waals surface area (Å²) in [6, 6.07) is 4.41. The Morgan fingerprint density at radius 3 is 2.79 bits per heavy atom. The molecule has 0 unspecified atom stereocenters. The average molecular weight is 264 g/mol. The number of aromatic nitrogens is 2. The minimum Gasteiger partial charge on any atom is -0.396 e. The van der Waals surface area contributed by atoms with Gasteiger partial charge in [-0.3, -0.25) is 0 Å². The van der Waals surface area contributed by atoms with Gasteiger partial charge in [-0.1, -0.05) is 0 Å². The Labute approximate surface area is 109 Å². The highest BCUT2D eigenvalue weighted by Gasteiger charge is 2.18. The maximum Gasteiger partial charge on any atom is 0.266 e. The molecule has 3 rings (SSSR count). The first-order valence-electron chi connectivity index (χ1n) is 5.96. The van der Waals surface area contributed by atoms with E-state index in [0.29, 0.717) is 24.7 Å². The van der Waals surface area contributed by atoms with Crippen LogP contribution in [-0.2, 0) is 4.74 Å². The van der Waals surface area contributed by atoms with Crippen LogP contribution in [0.3, 0.4) is 0 Å². The third-order valence-electron chi connectivity index (χ3n) is 2.96. The molecule has 0 spiro atoms. The molecule has 0 saturated carbocycles. The third kappa shape index (κ3) is 2.37. The molecule has 2 aromatic rings. The zero-order valence-electron chi connectivity index (χ0n) is 10.2. The fraction of sp³-hybridized carbons (Fsp3) is 0.333. The predicted molar refractivity (Wildman–Crippen MR) is 67.1 cm³/mol. The van der Waals surface area contributed by atoms with Gasteiger partial charge < -0.3 is 19.9 Å². The number of rotatable bonds is 2. The molecule has 2 N–H and O–H groups in total. The van der Waals surface area contributed by atoms with E-state index >= 15 is 0 Å². The van der Waals surface area contributed by atoms with Crippen molar-refractivity contribution in [2.75, 3.05) is 36.9 Å². The van der Waals surface area contributed by atoms with Gasteiger partial charge >= 0.3 is 0 Å². The number of anilines is 2. The van der Waals surface area contributed by atoms with Gasteiger partial charge in [0, 0.05) is 18.7 Å². The van der Waals surface area contributed by atoms with Gasteiger partial charge in [0.15, 0.2) is 0 Å². The van der Waals surface area contributed by atoms with Crippen LogP contribution in [0.4, 0.5) is 16.0 Å². The molecule has 1 aliphatic heterocycles. The lowest BCUT2D eigenvalue weighted by Crippen LogP contribution is -2.36. The summed E-state index contributed by atoms with van der Waals surface area (Å²) >= 11 is 0. The molecule has 19 heavy (non-hydrogen) atoms. The van der Waals surface area contributed by atoms with Crippen molar-refractivity contribution in [2.24, 2.45) is 0 Å². The van der Waals surface area contributed by atoms with E-state index < -0.39 is 5.82 Å².